The first-order chi connectivity index (χ1) is 20.2. The van der Waals surface area contributed by atoms with Gasteiger partial charge in [-0.25, -0.2) is 0 Å². The van der Waals surface area contributed by atoms with E-state index in [0.717, 1.165) is 25.2 Å². The zero-order valence-corrected chi connectivity index (χ0v) is 25.5. The fourth-order valence-electron chi connectivity index (χ4n) is 7.14. The first kappa shape index (κ1) is 31.8. The van der Waals surface area contributed by atoms with Crippen molar-refractivity contribution >= 4 is 29.2 Å². The smallest absolute Gasteiger partial charge is 0.312 e. The number of allylic oxidation sites excluding steroid dienone is 1. The van der Waals surface area contributed by atoms with Gasteiger partial charge in [0.25, 0.3) is 5.91 Å². The molecule has 0 aromatic heterocycles. The summed E-state index contributed by atoms with van der Waals surface area (Å²) in [6.07, 6.45) is 5.33. The highest BCUT2D eigenvalue weighted by atomic mass is 16.6. The second-order valence-corrected chi connectivity index (χ2v) is 11.8. The summed E-state index contributed by atoms with van der Waals surface area (Å²) < 4.78 is 12.2. The summed E-state index contributed by atoms with van der Waals surface area (Å²) in [5.41, 5.74) is 0.560. The summed E-state index contributed by atoms with van der Waals surface area (Å²) in [4.78, 5) is 47.8. The number of anilines is 2. The third kappa shape index (κ3) is 5.49. The van der Waals surface area contributed by atoms with Crippen LogP contribution in [-0.4, -0.2) is 84.4 Å². The number of benzene rings is 1. The zero-order valence-electron chi connectivity index (χ0n) is 25.5. The normalized spacial score (nSPS) is 26.7. The quantitative estimate of drug-likeness (QED) is 0.190. The standard InChI is InChI=1S/C33H47N3O6/c1-7-11-12-20-41-32(40)27-26-17-18-33(42-26)28(27)30(38)36(25(21-37)22(5)6)29(33)31(39)35(19-8-2)24-15-13-23(14-16-24)34(9-3)10-4/h7-8,13-16,22,25-29,37H,1-2,9-12,17-21H2,3-6H3/t25-,26-,27+,28-,29?,33?/m0/s1. The average Bonchev–Trinajstić information content (AvgIpc) is 3.63. The first-order valence-corrected chi connectivity index (χ1v) is 15.4. The van der Waals surface area contributed by atoms with Crippen LogP contribution in [0.1, 0.15) is 53.4 Å². The van der Waals surface area contributed by atoms with Crippen LogP contribution >= 0.6 is 0 Å². The number of aliphatic hydroxyl groups is 1. The Hall–Kier alpha value is -3.17. The van der Waals surface area contributed by atoms with Gasteiger partial charge in [-0.15, -0.1) is 13.2 Å². The minimum Gasteiger partial charge on any atom is -0.465 e. The van der Waals surface area contributed by atoms with Gasteiger partial charge >= 0.3 is 5.97 Å². The van der Waals surface area contributed by atoms with Gasteiger partial charge in [0, 0.05) is 31.0 Å². The lowest BCUT2D eigenvalue weighted by molar-refractivity contribution is -0.156. The monoisotopic (exact) mass is 581 g/mol. The molecule has 3 aliphatic heterocycles. The Morgan fingerprint density at radius 3 is 2.40 bits per heavy atom. The molecule has 1 aromatic carbocycles. The van der Waals surface area contributed by atoms with Gasteiger partial charge in [0.15, 0.2) is 0 Å². The van der Waals surface area contributed by atoms with Crippen LogP contribution in [0.15, 0.2) is 49.6 Å². The molecule has 0 aliphatic carbocycles. The van der Waals surface area contributed by atoms with Gasteiger partial charge in [0.2, 0.25) is 5.91 Å². The van der Waals surface area contributed by atoms with E-state index < -0.39 is 41.6 Å². The number of hydrogen-bond acceptors (Lipinski definition) is 7. The van der Waals surface area contributed by atoms with Crippen LogP contribution in [0.2, 0.25) is 0 Å². The van der Waals surface area contributed by atoms with Crippen LogP contribution in [0.25, 0.3) is 0 Å². The van der Waals surface area contributed by atoms with E-state index in [4.69, 9.17) is 9.47 Å². The predicted molar refractivity (Wildman–Crippen MR) is 163 cm³/mol. The number of amides is 2. The van der Waals surface area contributed by atoms with E-state index in [1.807, 2.05) is 38.1 Å². The van der Waals surface area contributed by atoms with Crippen molar-refractivity contribution in [2.24, 2.45) is 17.8 Å². The van der Waals surface area contributed by atoms with Crippen molar-refractivity contribution in [2.45, 2.75) is 77.2 Å². The molecule has 3 aliphatic rings. The van der Waals surface area contributed by atoms with E-state index in [-0.39, 0.29) is 37.5 Å². The van der Waals surface area contributed by atoms with E-state index in [9.17, 15) is 19.5 Å². The number of aliphatic hydroxyl groups excluding tert-OH is 1. The van der Waals surface area contributed by atoms with Crippen LogP contribution < -0.4 is 9.80 Å². The largest absolute Gasteiger partial charge is 0.465 e. The van der Waals surface area contributed by atoms with Crippen LogP contribution in [-0.2, 0) is 23.9 Å². The van der Waals surface area contributed by atoms with E-state index in [2.05, 4.69) is 31.9 Å². The number of hydrogen-bond donors (Lipinski definition) is 1. The van der Waals surface area contributed by atoms with E-state index in [1.54, 1.807) is 17.1 Å². The molecule has 2 unspecified atom stereocenters. The van der Waals surface area contributed by atoms with E-state index in [1.165, 1.54) is 4.90 Å². The SMILES string of the molecule is C=CCCCOC(=O)[C@@H]1[C@@H]2CCC3(O2)C(C(=O)N(CC=C)c2ccc(N(CC)CC)cc2)N([C@@H](CO)C(C)C)C(=O)[C@H]13. The first-order valence-electron chi connectivity index (χ1n) is 15.4. The van der Waals surface area contributed by atoms with Crippen LogP contribution in [0.3, 0.4) is 0 Å². The Morgan fingerprint density at radius 1 is 1.17 bits per heavy atom. The summed E-state index contributed by atoms with van der Waals surface area (Å²) in [5.74, 6) is -2.86. The number of likely N-dealkylation sites (tertiary alicyclic amines) is 1. The van der Waals surface area contributed by atoms with Crippen LogP contribution in [0.5, 0.6) is 0 Å². The van der Waals surface area contributed by atoms with Crippen molar-refractivity contribution in [3.8, 4) is 0 Å². The fourth-order valence-corrected chi connectivity index (χ4v) is 7.14. The van der Waals surface area contributed by atoms with Crippen molar-refractivity contribution in [1.82, 2.24) is 4.90 Å². The number of nitrogens with zero attached hydrogens (tertiary/aromatic N) is 3. The van der Waals surface area contributed by atoms with E-state index >= 15 is 0 Å². The molecule has 2 bridgehead atoms. The van der Waals surface area contributed by atoms with E-state index in [0.29, 0.717) is 24.9 Å². The number of unbranched alkanes of at least 4 members (excludes halogenated alkanes) is 1. The summed E-state index contributed by atoms with van der Waals surface area (Å²) in [6, 6.07) is 6.19. The van der Waals surface area contributed by atoms with Crippen LogP contribution in [0.4, 0.5) is 11.4 Å². The number of rotatable bonds is 15. The van der Waals surface area contributed by atoms with Gasteiger partial charge in [-0.1, -0.05) is 26.0 Å². The molecule has 1 N–H and O–H groups in total. The van der Waals surface area contributed by atoms with Crippen molar-refractivity contribution in [3.05, 3.63) is 49.6 Å². The number of ether oxygens (including phenoxy) is 2. The lowest BCUT2D eigenvalue weighted by Crippen LogP contribution is -2.59. The molecule has 3 fully saturated rings. The predicted octanol–water partition coefficient (Wildman–Crippen LogP) is 3.95. The third-order valence-electron chi connectivity index (χ3n) is 9.22. The second kappa shape index (κ2) is 13.4. The molecule has 230 valence electrons. The molecule has 42 heavy (non-hydrogen) atoms. The van der Waals surface area contributed by atoms with Crippen molar-refractivity contribution < 1.29 is 29.0 Å². The van der Waals surface area contributed by atoms with Gasteiger partial charge in [-0.3, -0.25) is 14.4 Å². The Morgan fingerprint density at radius 2 is 1.83 bits per heavy atom. The fraction of sp³-hybridized carbons (Fsp3) is 0.606. The van der Waals surface area contributed by atoms with Crippen molar-refractivity contribution in [3.63, 3.8) is 0 Å². The molecule has 0 radical (unpaired) electrons. The summed E-state index contributed by atoms with van der Waals surface area (Å²) in [6.45, 7) is 17.5. The maximum absolute atomic E-state index is 14.7. The second-order valence-electron chi connectivity index (χ2n) is 11.8. The van der Waals surface area contributed by atoms with Gasteiger partial charge in [0.1, 0.15) is 11.6 Å². The molecule has 1 aromatic rings. The number of carbonyl (C=O) groups is 3. The maximum atomic E-state index is 14.7. The van der Waals surface area contributed by atoms with Crippen molar-refractivity contribution in [2.75, 3.05) is 42.6 Å². The highest BCUT2D eigenvalue weighted by Crippen LogP contribution is 2.59. The minimum atomic E-state index is -1.17. The Bertz CT molecular complexity index is 1150. The Balaban J connectivity index is 1.73. The molecule has 3 saturated heterocycles. The molecule has 0 saturated carbocycles. The van der Waals surface area contributed by atoms with Gasteiger partial charge in [-0.05, 0) is 69.7 Å². The summed E-state index contributed by atoms with van der Waals surface area (Å²) in [5, 5.41) is 10.5. The minimum absolute atomic E-state index is 0.132. The molecule has 9 nitrogen and oxygen atoms in total. The highest BCUT2D eigenvalue weighted by molar-refractivity contribution is 6.05. The summed E-state index contributed by atoms with van der Waals surface area (Å²) in [7, 11) is 0. The van der Waals surface area contributed by atoms with Gasteiger partial charge in [-0.2, -0.15) is 0 Å². The molecule has 2 amide bonds. The average molecular weight is 582 g/mol. The number of fused-ring (bicyclic) bond motifs is 1. The third-order valence-corrected chi connectivity index (χ3v) is 9.22. The maximum Gasteiger partial charge on any atom is 0.312 e. The van der Waals surface area contributed by atoms with Crippen molar-refractivity contribution in [1.29, 1.82) is 0 Å². The Kier molecular flexibility index (Phi) is 10.1. The molecular formula is C33H47N3O6. The number of carbonyl (C=O) groups excluding carboxylic acids is 3. The lowest BCUT2D eigenvalue weighted by atomic mass is 9.70. The molecule has 4 rings (SSSR count). The molecular weight excluding hydrogens is 534 g/mol. The summed E-state index contributed by atoms with van der Waals surface area (Å²) >= 11 is 0. The number of esters is 1. The molecule has 1 spiro atoms. The highest BCUT2D eigenvalue weighted by Gasteiger charge is 2.75. The topological polar surface area (TPSA) is 99.6 Å². The van der Waals surface area contributed by atoms with Gasteiger partial charge in [0.05, 0.1) is 37.2 Å². The lowest BCUT2D eigenvalue weighted by Gasteiger charge is -2.40. The molecule has 3 heterocycles. The molecule has 9 heteroatoms. The molecule has 6 atom stereocenters. The van der Waals surface area contributed by atoms with Gasteiger partial charge < -0.3 is 29.3 Å². The Labute approximate surface area is 250 Å². The van der Waals surface area contributed by atoms with Crippen LogP contribution in [0, 0.1) is 17.8 Å². The zero-order chi connectivity index (χ0) is 30.6.